The summed E-state index contributed by atoms with van der Waals surface area (Å²) < 4.78 is 1.27. The van der Waals surface area contributed by atoms with Crippen LogP contribution in [0.5, 0.6) is 0 Å². The molecule has 0 unspecified atom stereocenters. The predicted molar refractivity (Wildman–Crippen MR) is 136 cm³/mol. The Bertz CT molecular complexity index is 1570. The lowest BCUT2D eigenvalue weighted by Crippen LogP contribution is -2.28. The Morgan fingerprint density at radius 1 is 1.00 bits per heavy atom. The van der Waals surface area contributed by atoms with Crippen molar-refractivity contribution in [2.75, 3.05) is 5.32 Å². The van der Waals surface area contributed by atoms with Gasteiger partial charge in [0, 0.05) is 15.8 Å². The number of aromatic nitrogens is 2. The second-order valence-corrected chi connectivity index (χ2v) is 9.42. The van der Waals surface area contributed by atoms with Crippen molar-refractivity contribution in [2.45, 2.75) is 6.54 Å². The number of hydrogen-bond acceptors (Lipinski definition) is 6. The van der Waals surface area contributed by atoms with Gasteiger partial charge in [0.1, 0.15) is 16.4 Å². The molecule has 2 amide bonds. The average Bonchev–Trinajstić information content (AvgIpc) is 3.47. The average molecular weight is 487 g/mol. The molecule has 0 atom stereocenters. The molecule has 7 nitrogen and oxygen atoms in total. The highest BCUT2D eigenvalue weighted by Gasteiger charge is 2.19. The lowest BCUT2D eigenvalue weighted by Gasteiger charge is -2.07. The zero-order valence-corrected chi connectivity index (χ0v) is 19.4. The number of nitrogens with two attached hydrogens (primary N) is 1. The Labute approximate surface area is 202 Å². The number of fused-ring (bicyclic) bond motifs is 1. The lowest BCUT2D eigenvalue weighted by atomic mass is 10.1. The van der Waals surface area contributed by atoms with Gasteiger partial charge in [0.05, 0.1) is 17.3 Å². The van der Waals surface area contributed by atoms with Crippen LogP contribution >= 0.6 is 22.7 Å². The van der Waals surface area contributed by atoms with E-state index in [9.17, 15) is 14.4 Å². The second-order valence-electron chi connectivity index (χ2n) is 7.51. The Kier molecular flexibility index (Phi) is 5.79. The van der Waals surface area contributed by atoms with Gasteiger partial charge in [-0.3, -0.25) is 19.0 Å². The van der Waals surface area contributed by atoms with Gasteiger partial charge in [-0.25, -0.2) is 4.98 Å². The van der Waals surface area contributed by atoms with E-state index in [-0.39, 0.29) is 17.7 Å². The molecule has 168 valence electrons. The van der Waals surface area contributed by atoms with Crippen LogP contribution in [-0.2, 0) is 11.3 Å². The van der Waals surface area contributed by atoms with Gasteiger partial charge in [-0.05, 0) is 17.2 Å². The highest BCUT2D eigenvalue weighted by Crippen LogP contribution is 2.35. The van der Waals surface area contributed by atoms with Crippen LogP contribution in [0.15, 0.2) is 83.2 Å². The molecule has 0 saturated heterocycles. The topological polar surface area (TPSA) is 107 Å². The number of primary amides is 1. The van der Waals surface area contributed by atoms with E-state index < -0.39 is 11.8 Å². The van der Waals surface area contributed by atoms with Crippen molar-refractivity contribution in [3.05, 3.63) is 94.4 Å². The molecule has 5 aromatic rings. The number of carbonyl (C=O) groups is 2. The largest absolute Gasteiger partial charge is 0.366 e. The molecule has 0 fully saturated rings. The Balaban J connectivity index is 1.44. The molecule has 0 radical (unpaired) electrons. The Hall–Kier alpha value is -4.08. The molecule has 9 heteroatoms. The van der Waals surface area contributed by atoms with E-state index >= 15 is 0 Å². The third kappa shape index (κ3) is 4.14. The summed E-state index contributed by atoms with van der Waals surface area (Å²) in [4.78, 5) is 43.8. The molecule has 3 N–H and O–H groups in total. The molecular formula is C25H18N4O3S2. The number of carbonyl (C=O) groups excluding carboxylic acids is 2. The molecule has 34 heavy (non-hydrogen) atoms. The van der Waals surface area contributed by atoms with Crippen LogP contribution in [-0.4, -0.2) is 21.4 Å². The van der Waals surface area contributed by atoms with E-state index in [0.29, 0.717) is 15.2 Å². The zero-order chi connectivity index (χ0) is 23.7. The van der Waals surface area contributed by atoms with Crippen LogP contribution in [0.4, 0.5) is 5.00 Å². The number of thiophene rings is 2. The van der Waals surface area contributed by atoms with Gasteiger partial charge in [0.25, 0.3) is 11.5 Å². The molecule has 2 aromatic carbocycles. The van der Waals surface area contributed by atoms with Crippen molar-refractivity contribution in [2.24, 2.45) is 5.73 Å². The SMILES string of the molecule is NC(=O)c1cc(-c2ccccc2)sc1NC(=O)Cn1cnc2scc(-c3ccccc3)c2c1=O. The van der Waals surface area contributed by atoms with Crippen LogP contribution in [0.1, 0.15) is 10.4 Å². The van der Waals surface area contributed by atoms with Crippen LogP contribution in [0.3, 0.4) is 0 Å². The zero-order valence-electron chi connectivity index (χ0n) is 17.7. The van der Waals surface area contributed by atoms with Gasteiger partial charge in [0.15, 0.2) is 0 Å². The van der Waals surface area contributed by atoms with Gasteiger partial charge >= 0.3 is 0 Å². The van der Waals surface area contributed by atoms with Crippen molar-refractivity contribution in [1.82, 2.24) is 9.55 Å². The summed E-state index contributed by atoms with van der Waals surface area (Å²) in [6, 6.07) is 20.7. The first-order valence-corrected chi connectivity index (χ1v) is 12.0. The Morgan fingerprint density at radius 3 is 2.35 bits per heavy atom. The summed E-state index contributed by atoms with van der Waals surface area (Å²) in [5.41, 5.74) is 8.06. The molecule has 3 aromatic heterocycles. The summed E-state index contributed by atoms with van der Waals surface area (Å²) in [5, 5.41) is 5.46. The van der Waals surface area contributed by atoms with Gasteiger partial charge in [-0.2, -0.15) is 0 Å². The molecule has 5 rings (SSSR count). The van der Waals surface area contributed by atoms with Crippen LogP contribution in [0.25, 0.3) is 31.8 Å². The van der Waals surface area contributed by atoms with E-state index in [1.807, 2.05) is 66.0 Å². The predicted octanol–water partition coefficient (Wildman–Crippen LogP) is 4.59. The van der Waals surface area contributed by atoms with Crippen molar-refractivity contribution >= 4 is 49.7 Å². The second kappa shape index (κ2) is 9.05. The minimum absolute atomic E-state index is 0.224. The number of nitrogens with zero attached hydrogens (tertiary/aromatic N) is 2. The molecule has 0 aliphatic heterocycles. The first-order valence-electron chi connectivity index (χ1n) is 10.3. The number of hydrogen-bond donors (Lipinski definition) is 2. The number of rotatable bonds is 6. The summed E-state index contributed by atoms with van der Waals surface area (Å²) in [6.45, 7) is -0.247. The molecule has 0 saturated carbocycles. The fraction of sp³-hybridized carbons (Fsp3) is 0.0400. The first kappa shape index (κ1) is 21.7. The fourth-order valence-corrected chi connectivity index (χ4v) is 5.63. The normalized spacial score (nSPS) is 10.9. The standard InChI is InChI=1S/C25H18N4O3S2/c26-22(31)17-11-19(16-9-5-2-6-10-16)34-23(17)28-20(30)12-29-14-27-24-21(25(29)32)18(13-33-24)15-7-3-1-4-8-15/h1-11,13-14H,12H2,(H2,26,31)(H,28,30). The number of anilines is 1. The monoisotopic (exact) mass is 486 g/mol. The van der Waals surface area contributed by atoms with Crippen molar-refractivity contribution < 1.29 is 9.59 Å². The van der Waals surface area contributed by atoms with E-state index in [1.165, 1.54) is 33.6 Å². The van der Waals surface area contributed by atoms with Gasteiger partial charge < -0.3 is 11.1 Å². The summed E-state index contributed by atoms with van der Waals surface area (Å²) in [5.74, 6) is -1.09. The molecule has 3 heterocycles. The fourth-order valence-electron chi connectivity index (χ4n) is 3.64. The van der Waals surface area contributed by atoms with E-state index in [1.54, 1.807) is 6.07 Å². The number of benzene rings is 2. The van der Waals surface area contributed by atoms with Crippen LogP contribution in [0, 0.1) is 0 Å². The summed E-state index contributed by atoms with van der Waals surface area (Å²) >= 11 is 2.64. The van der Waals surface area contributed by atoms with E-state index in [2.05, 4.69) is 10.3 Å². The van der Waals surface area contributed by atoms with Gasteiger partial charge in [-0.15, -0.1) is 22.7 Å². The molecule has 0 aliphatic carbocycles. The minimum Gasteiger partial charge on any atom is -0.366 e. The molecule has 0 aliphatic rings. The maximum absolute atomic E-state index is 13.2. The number of amides is 2. The molecular weight excluding hydrogens is 468 g/mol. The van der Waals surface area contributed by atoms with Crippen molar-refractivity contribution in [3.8, 4) is 21.6 Å². The van der Waals surface area contributed by atoms with Gasteiger partial charge in [0.2, 0.25) is 5.91 Å². The van der Waals surface area contributed by atoms with Crippen molar-refractivity contribution in [3.63, 3.8) is 0 Å². The Morgan fingerprint density at radius 2 is 1.68 bits per heavy atom. The van der Waals surface area contributed by atoms with Crippen LogP contribution in [0.2, 0.25) is 0 Å². The van der Waals surface area contributed by atoms with E-state index in [4.69, 9.17) is 5.73 Å². The smallest absolute Gasteiger partial charge is 0.263 e. The number of nitrogens with one attached hydrogen (secondary N) is 1. The maximum atomic E-state index is 13.2. The minimum atomic E-state index is -0.639. The lowest BCUT2D eigenvalue weighted by molar-refractivity contribution is -0.116. The highest BCUT2D eigenvalue weighted by atomic mass is 32.1. The first-order chi connectivity index (χ1) is 16.5. The highest BCUT2D eigenvalue weighted by molar-refractivity contribution is 7.20. The quantitative estimate of drug-likeness (QED) is 0.366. The van der Waals surface area contributed by atoms with Crippen LogP contribution < -0.4 is 16.6 Å². The molecule has 0 bridgehead atoms. The van der Waals surface area contributed by atoms with Crippen molar-refractivity contribution in [1.29, 1.82) is 0 Å². The third-order valence-electron chi connectivity index (χ3n) is 5.27. The summed E-state index contributed by atoms with van der Waals surface area (Å²) in [7, 11) is 0. The molecule has 0 spiro atoms. The maximum Gasteiger partial charge on any atom is 0.263 e. The van der Waals surface area contributed by atoms with E-state index in [0.717, 1.165) is 21.6 Å². The third-order valence-corrected chi connectivity index (χ3v) is 7.25. The van der Waals surface area contributed by atoms with Gasteiger partial charge in [-0.1, -0.05) is 60.7 Å². The summed E-state index contributed by atoms with van der Waals surface area (Å²) in [6.07, 6.45) is 1.37.